The number of rotatable bonds is 26. The lowest BCUT2D eigenvalue weighted by molar-refractivity contribution is -0.152. The summed E-state index contributed by atoms with van der Waals surface area (Å²) in [6, 6.07) is 0. The third-order valence-corrected chi connectivity index (χ3v) is 6.79. The zero-order chi connectivity index (χ0) is 24.4. The van der Waals surface area contributed by atoms with Crippen LogP contribution >= 0.6 is 0 Å². The quantitative estimate of drug-likeness (QED) is 0.0723. The first-order valence-corrected chi connectivity index (χ1v) is 14.9. The first-order valence-electron chi connectivity index (χ1n) is 14.9. The molecule has 0 aromatic carbocycles. The number of ether oxygens (including phenoxy) is 1. The van der Waals surface area contributed by atoms with E-state index in [1.807, 2.05) is 0 Å². The lowest BCUT2D eigenvalue weighted by atomic mass is 9.93. The number of hydrogen-bond acceptors (Lipinski definition) is 3. The fourth-order valence-corrected chi connectivity index (χ4v) is 4.48. The minimum absolute atomic E-state index is 0.108. The topological polar surface area (TPSA) is 43.4 Å². The predicted octanol–water partition coefficient (Wildman–Crippen LogP) is 9.75. The summed E-state index contributed by atoms with van der Waals surface area (Å²) in [5.74, 6) is -0.676. The van der Waals surface area contributed by atoms with Crippen LogP contribution in [-0.2, 0) is 14.3 Å². The maximum Gasteiger partial charge on any atom is 0.316 e. The summed E-state index contributed by atoms with van der Waals surface area (Å²) in [5, 5.41) is 0. The molecule has 0 aromatic rings. The molecule has 0 spiro atoms. The summed E-state index contributed by atoms with van der Waals surface area (Å²) >= 11 is 0. The number of unbranched alkanes of at least 4 members (excludes halogenated alkanes) is 18. The van der Waals surface area contributed by atoms with Crippen molar-refractivity contribution in [2.45, 2.75) is 168 Å². The highest BCUT2D eigenvalue weighted by molar-refractivity contribution is 5.98. The molecular formula is C30H58O3. The van der Waals surface area contributed by atoms with Crippen molar-refractivity contribution in [1.29, 1.82) is 0 Å². The molecule has 0 rings (SSSR count). The van der Waals surface area contributed by atoms with Gasteiger partial charge in [-0.3, -0.25) is 9.59 Å². The van der Waals surface area contributed by atoms with Crippen molar-refractivity contribution in [3.05, 3.63) is 0 Å². The lowest BCUT2D eigenvalue weighted by Crippen LogP contribution is -2.26. The summed E-state index contributed by atoms with van der Waals surface area (Å²) in [7, 11) is 0. The van der Waals surface area contributed by atoms with E-state index in [1.54, 1.807) is 0 Å². The van der Waals surface area contributed by atoms with Crippen molar-refractivity contribution in [1.82, 2.24) is 0 Å². The zero-order valence-electron chi connectivity index (χ0n) is 22.8. The predicted molar refractivity (Wildman–Crippen MR) is 143 cm³/mol. The fourth-order valence-electron chi connectivity index (χ4n) is 4.48. The number of ketones is 1. The molecule has 0 N–H and O–H groups in total. The van der Waals surface area contributed by atoms with Gasteiger partial charge in [0, 0.05) is 6.42 Å². The summed E-state index contributed by atoms with van der Waals surface area (Å²) in [6.45, 7) is 7.06. The van der Waals surface area contributed by atoms with Crippen LogP contribution in [0, 0.1) is 5.92 Å². The van der Waals surface area contributed by atoms with E-state index in [0.29, 0.717) is 19.4 Å². The molecule has 0 fully saturated rings. The molecular weight excluding hydrogens is 408 g/mol. The first-order chi connectivity index (χ1) is 16.2. The second-order valence-electron chi connectivity index (χ2n) is 10.1. The van der Waals surface area contributed by atoms with Crippen LogP contribution in [-0.4, -0.2) is 18.4 Å². The third-order valence-electron chi connectivity index (χ3n) is 6.79. The van der Waals surface area contributed by atoms with Crippen LogP contribution in [0.25, 0.3) is 0 Å². The molecule has 0 heterocycles. The van der Waals surface area contributed by atoms with E-state index in [2.05, 4.69) is 20.8 Å². The van der Waals surface area contributed by atoms with Gasteiger partial charge in [0.1, 0.15) is 11.7 Å². The Bertz CT molecular complexity index is 432. The Morgan fingerprint density at radius 2 is 0.909 bits per heavy atom. The molecule has 0 aliphatic rings. The molecule has 33 heavy (non-hydrogen) atoms. The monoisotopic (exact) mass is 466 g/mol. The van der Waals surface area contributed by atoms with Crippen LogP contribution in [0.4, 0.5) is 0 Å². The van der Waals surface area contributed by atoms with Crippen LogP contribution in [0.3, 0.4) is 0 Å². The van der Waals surface area contributed by atoms with Gasteiger partial charge in [-0.25, -0.2) is 0 Å². The van der Waals surface area contributed by atoms with Gasteiger partial charge in [-0.15, -0.1) is 0 Å². The van der Waals surface area contributed by atoms with Gasteiger partial charge in [-0.05, 0) is 19.3 Å². The van der Waals surface area contributed by atoms with Crippen molar-refractivity contribution >= 4 is 11.8 Å². The first kappa shape index (κ1) is 32.1. The van der Waals surface area contributed by atoms with Crippen LogP contribution in [0.2, 0.25) is 0 Å². The lowest BCUT2D eigenvalue weighted by Gasteiger charge is -2.15. The van der Waals surface area contributed by atoms with E-state index >= 15 is 0 Å². The normalized spacial score (nSPS) is 12.1. The SMILES string of the molecule is CCCCCCCCCCCCCCCCC(C(=O)CCCCC)C(=O)OCCCCCC. The van der Waals surface area contributed by atoms with Crippen molar-refractivity contribution in [2.75, 3.05) is 6.61 Å². The van der Waals surface area contributed by atoms with Crippen LogP contribution in [0.15, 0.2) is 0 Å². The molecule has 196 valence electrons. The fraction of sp³-hybridized carbons (Fsp3) is 0.933. The highest BCUT2D eigenvalue weighted by atomic mass is 16.5. The summed E-state index contributed by atoms with van der Waals surface area (Å²) in [5.41, 5.74) is 0. The minimum atomic E-state index is -0.523. The third kappa shape index (κ3) is 21.4. The molecule has 1 atom stereocenters. The van der Waals surface area contributed by atoms with Crippen molar-refractivity contribution < 1.29 is 14.3 Å². The highest BCUT2D eigenvalue weighted by Gasteiger charge is 2.26. The number of carbonyl (C=O) groups excluding carboxylic acids is 2. The molecule has 3 nitrogen and oxygen atoms in total. The van der Waals surface area contributed by atoms with Crippen LogP contribution in [0.5, 0.6) is 0 Å². The van der Waals surface area contributed by atoms with E-state index in [-0.39, 0.29) is 11.8 Å². The Kier molecular flexibility index (Phi) is 25.1. The average molecular weight is 467 g/mol. The van der Waals surface area contributed by atoms with E-state index in [1.165, 1.54) is 89.9 Å². The molecule has 0 aromatic heterocycles. The Morgan fingerprint density at radius 3 is 1.39 bits per heavy atom. The Balaban J connectivity index is 3.93. The largest absolute Gasteiger partial charge is 0.465 e. The average Bonchev–Trinajstić information content (AvgIpc) is 2.81. The number of Topliss-reactive ketones (excluding diaryl/α,β-unsaturated/α-hetero) is 1. The van der Waals surface area contributed by atoms with Crippen molar-refractivity contribution in [3.63, 3.8) is 0 Å². The second kappa shape index (κ2) is 25.8. The van der Waals surface area contributed by atoms with Gasteiger partial charge in [0.2, 0.25) is 0 Å². The molecule has 0 aliphatic carbocycles. The number of esters is 1. The van der Waals surface area contributed by atoms with Gasteiger partial charge < -0.3 is 4.74 Å². The van der Waals surface area contributed by atoms with Crippen LogP contribution in [0.1, 0.15) is 168 Å². The molecule has 0 aliphatic heterocycles. The van der Waals surface area contributed by atoms with Gasteiger partial charge in [0.25, 0.3) is 0 Å². The summed E-state index contributed by atoms with van der Waals surface area (Å²) < 4.78 is 5.49. The molecule has 0 radical (unpaired) electrons. The maximum absolute atomic E-state index is 12.7. The van der Waals surface area contributed by atoms with Gasteiger partial charge in [-0.2, -0.15) is 0 Å². The molecule has 0 saturated heterocycles. The molecule has 3 heteroatoms. The van der Waals surface area contributed by atoms with E-state index in [4.69, 9.17) is 4.74 Å². The Hall–Kier alpha value is -0.860. The Labute approximate surface area is 207 Å². The van der Waals surface area contributed by atoms with Gasteiger partial charge in [-0.1, -0.05) is 143 Å². The summed E-state index contributed by atoms with van der Waals surface area (Å²) in [6.07, 6.45) is 27.1. The summed E-state index contributed by atoms with van der Waals surface area (Å²) in [4.78, 5) is 25.2. The maximum atomic E-state index is 12.7. The Morgan fingerprint density at radius 1 is 0.515 bits per heavy atom. The van der Waals surface area contributed by atoms with E-state index in [0.717, 1.165) is 44.9 Å². The smallest absolute Gasteiger partial charge is 0.316 e. The molecule has 0 saturated carbocycles. The van der Waals surface area contributed by atoms with E-state index in [9.17, 15) is 9.59 Å². The van der Waals surface area contributed by atoms with Gasteiger partial charge in [0.05, 0.1) is 6.61 Å². The molecule has 0 bridgehead atoms. The van der Waals surface area contributed by atoms with Crippen LogP contribution < -0.4 is 0 Å². The minimum Gasteiger partial charge on any atom is -0.465 e. The zero-order valence-corrected chi connectivity index (χ0v) is 22.8. The van der Waals surface area contributed by atoms with Gasteiger partial charge in [0.15, 0.2) is 0 Å². The highest BCUT2D eigenvalue weighted by Crippen LogP contribution is 2.19. The van der Waals surface area contributed by atoms with Gasteiger partial charge >= 0.3 is 5.97 Å². The second-order valence-corrected chi connectivity index (χ2v) is 10.1. The number of hydrogen-bond donors (Lipinski definition) is 0. The standard InChI is InChI=1S/C30H58O3/c1-4-7-10-12-13-14-15-16-17-18-19-20-21-23-25-28(29(31)26-22-9-6-3)30(32)33-27-24-11-8-5-2/h28H,4-27H2,1-3H3. The number of carbonyl (C=O) groups is 2. The molecule has 1 unspecified atom stereocenters. The van der Waals surface area contributed by atoms with E-state index < -0.39 is 5.92 Å². The van der Waals surface area contributed by atoms with Crippen molar-refractivity contribution in [2.24, 2.45) is 5.92 Å². The molecule has 0 amide bonds. The van der Waals surface area contributed by atoms with Crippen molar-refractivity contribution in [3.8, 4) is 0 Å².